The van der Waals surface area contributed by atoms with E-state index in [1.54, 1.807) is 38.1 Å². The first-order chi connectivity index (χ1) is 13.8. The fourth-order valence-corrected chi connectivity index (χ4v) is 2.89. The molecule has 9 heteroatoms. The number of H-pyrrole nitrogens is 2. The lowest BCUT2D eigenvalue weighted by molar-refractivity contribution is 0.479. The lowest BCUT2D eigenvalue weighted by Gasteiger charge is -2.14. The molecule has 3 rings (SSSR count). The van der Waals surface area contributed by atoms with Crippen molar-refractivity contribution in [3.8, 4) is 22.8 Å². The van der Waals surface area contributed by atoms with Gasteiger partial charge in [-0.1, -0.05) is 25.4 Å². The first-order valence-electron chi connectivity index (χ1n) is 8.88. The Morgan fingerprint density at radius 3 is 2.48 bits per heavy atom. The van der Waals surface area contributed by atoms with Crippen LogP contribution in [0.2, 0.25) is 5.02 Å². The first-order valence-corrected chi connectivity index (χ1v) is 9.26. The van der Waals surface area contributed by atoms with Crippen molar-refractivity contribution in [3.05, 3.63) is 67.3 Å². The van der Waals surface area contributed by atoms with Crippen LogP contribution in [0.3, 0.4) is 0 Å². The van der Waals surface area contributed by atoms with Crippen molar-refractivity contribution in [1.82, 2.24) is 15.2 Å². The maximum atomic E-state index is 11.9. The van der Waals surface area contributed by atoms with Gasteiger partial charge in [0, 0.05) is 22.5 Å². The van der Waals surface area contributed by atoms with Crippen LogP contribution in [-0.4, -0.2) is 20.9 Å². The molecule has 0 fully saturated rings. The molecule has 0 aliphatic rings. The van der Waals surface area contributed by atoms with Crippen LogP contribution in [-0.2, 0) is 0 Å². The highest BCUT2D eigenvalue weighted by molar-refractivity contribution is 6.32. The van der Waals surface area contributed by atoms with Crippen molar-refractivity contribution in [2.24, 2.45) is 0 Å². The van der Waals surface area contributed by atoms with Crippen LogP contribution >= 0.6 is 11.6 Å². The molecule has 0 atom stereocenters. The Kier molecular flexibility index (Phi) is 6.95. The van der Waals surface area contributed by atoms with E-state index in [1.807, 2.05) is 13.8 Å². The number of nitrogens with zero attached hydrogens (tertiary/aromatic N) is 1. The van der Waals surface area contributed by atoms with Crippen LogP contribution in [0, 0.1) is 12.3 Å². The number of hydrogen-bond acceptors (Lipinski definition) is 6. The molecule has 0 spiro atoms. The highest BCUT2D eigenvalue weighted by Crippen LogP contribution is 2.36. The topological polar surface area (TPSA) is 138 Å². The highest BCUT2D eigenvalue weighted by Gasteiger charge is 2.14. The number of nitrogens with one attached hydrogen (secondary N) is 3. The molecule has 0 aliphatic heterocycles. The van der Waals surface area contributed by atoms with Crippen molar-refractivity contribution in [2.45, 2.75) is 27.7 Å². The Labute approximate surface area is 172 Å². The van der Waals surface area contributed by atoms with Gasteiger partial charge in [0.25, 0.3) is 5.56 Å². The average Bonchev–Trinajstić information content (AvgIpc) is 2.67. The number of hydrogen-bond donors (Lipinski definition) is 4. The molecule has 8 nitrogen and oxygen atoms in total. The summed E-state index contributed by atoms with van der Waals surface area (Å²) in [5, 5.41) is 14.0. The fraction of sp³-hybridized carbons (Fsp3) is 0.200. The molecule has 29 heavy (non-hydrogen) atoms. The molecule has 1 aromatic heterocycles. The van der Waals surface area contributed by atoms with E-state index in [-0.39, 0.29) is 10.7 Å². The molecule has 152 valence electrons. The molecule has 0 amide bonds. The molecule has 0 unspecified atom stereocenters. The van der Waals surface area contributed by atoms with Gasteiger partial charge in [0.15, 0.2) is 5.69 Å². The van der Waals surface area contributed by atoms with Gasteiger partial charge in [0.05, 0.1) is 5.02 Å². The fourth-order valence-electron chi connectivity index (χ4n) is 2.58. The second-order valence-electron chi connectivity index (χ2n) is 5.94. The van der Waals surface area contributed by atoms with Gasteiger partial charge in [-0.15, -0.1) is 0 Å². The predicted molar refractivity (Wildman–Crippen MR) is 115 cm³/mol. The number of benzene rings is 2. The summed E-state index contributed by atoms with van der Waals surface area (Å²) in [6, 6.07) is 8.20. The number of aromatic nitrogens is 3. The van der Waals surface area contributed by atoms with Crippen LogP contribution in [0.5, 0.6) is 11.5 Å². The number of aromatic amines is 2. The second kappa shape index (κ2) is 9.20. The number of anilines is 1. The van der Waals surface area contributed by atoms with Gasteiger partial charge in [-0.2, -0.15) is 5.10 Å². The summed E-state index contributed by atoms with van der Waals surface area (Å²) in [6.45, 7) is 7.40. The number of aryl methyl sites for hydroxylation is 1. The molecular weight excluding hydrogens is 394 g/mol. The van der Waals surface area contributed by atoms with E-state index in [9.17, 15) is 9.59 Å². The summed E-state index contributed by atoms with van der Waals surface area (Å²) >= 11 is 6.35. The smallest absolute Gasteiger partial charge is 0.342 e. The van der Waals surface area contributed by atoms with E-state index in [2.05, 4.69) is 15.2 Å². The third-order valence-electron chi connectivity index (χ3n) is 3.86. The summed E-state index contributed by atoms with van der Waals surface area (Å²) in [6.07, 6.45) is 0. The predicted octanol–water partition coefficient (Wildman–Crippen LogP) is 3.88. The number of nitrogens with two attached hydrogens (primary N) is 1. The minimum absolute atomic E-state index is 0.0420. The van der Waals surface area contributed by atoms with Gasteiger partial charge in [0.1, 0.15) is 11.5 Å². The largest absolute Gasteiger partial charge is 0.456 e. The molecule has 1 heterocycles. The van der Waals surface area contributed by atoms with Crippen LogP contribution in [0.4, 0.5) is 5.69 Å². The van der Waals surface area contributed by atoms with Gasteiger partial charge in [-0.05, 0) is 49.7 Å². The lowest BCUT2D eigenvalue weighted by Crippen LogP contribution is -2.25. The Morgan fingerprint density at radius 1 is 1.21 bits per heavy atom. The third kappa shape index (κ3) is 4.91. The Morgan fingerprint density at radius 2 is 1.90 bits per heavy atom. The molecule has 2 aromatic carbocycles. The Balaban J connectivity index is 0.00000145. The maximum absolute atomic E-state index is 11.9. The summed E-state index contributed by atoms with van der Waals surface area (Å²) in [5.41, 5.74) is 7.08. The quantitative estimate of drug-likeness (QED) is 0.378. The second-order valence-corrected chi connectivity index (χ2v) is 6.34. The van der Waals surface area contributed by atoms with Gasteiger partial charge in [-0.3, -0.25) is 9.78 Å². The maximum Gasteiger partial charge on any atom is 0.342 e. The van der Waals surface area contributed by atoms with Crippen LogP contribution in [0.15, 0.2) is 39.9 Å². The van der Waals surface area contributed by atoms with E-state index in [1.165, 1.54) is 6.07 Å². The minimum Gasteiger partial charge on any atom is -0.456 e. The molecule has 0 saturated heterocycles. The zero-order valence-corrected chi connectivity index (χ0v) is 17.3. The van der Waals surface area contributed by atoms with Crippen LogP contribution in [0.1, 0.15) is 31.9 Å². The summed E-state index contributed by atoms with van der Waals surface area (Å²) in [7, 11) is 0. The van der Waals surface area contributed by atoms with Crippen molar-refractivity contribution >= 4 is 23.0 Å². The molecule has 0 saturated carbocycles. The molecule has 5 N–H and O–H groups in total. The highest BCUT2D eigenvalue weighted by atomic mass is 35.5. The van der Waals surface area contributed by atoms with Crippen molar-refractivity contribution in [3.63, 3.8) is 0 Å². The van der Waals surface area contributed by atoms with E-state index in [0.717, 1.165) is 0 Å². The van der Waals surface area contributed by atoms with Crippen molar-refractivity contribution in [1.29, 1.82) is 5.41 Å². The lowest BCUT2D eigenvalue weighted by atomic mass is 10.1. The number of nitrogen functional groups attached to an aromatic ring is 1. The summed E-state index contributed by atoms with van der Waals surface area (Å²) in [4.78, 5) is 25.2. The van der Waals surface area contributed by atoms with E-state index in [0.29, 0.717) is 39.6 Å². The zero-order valence-electron chi connectivity index (χ0n) is 16.5. The molecular formula is C20H22ClN5O3. The van der Waals surface area contributed by atoms with Gasteiger partial charge in [0.2, 0.25) is 0 Å². The van der Waals surface area contributed by atoms with E-state index in [4.69, 9.17) is 27.5 Å². The number of ether oxygens (including phenoxy) is 1. The monoisotopic (exact) mass is 415 g/mol. The normalized spacial score (nSPS) is 10.1. The van der Waals surface area contributed by atoms with Crippen LogP contribution < -0.4 is 21.7 Å². The SMILES string of the molecule is CC.CC(=N)c1cc(Oc2c(C)cc(-c3n[nH]c(=O)[nH]c3=O)cc2Cl)ccc1N. The summed E-state index contributed by atoms with van der Waals surface area (Å²) < 4.78 is 5.88. The van der Waals surface area contributed by atoms with E-state index < -0.39 is 11.2 Å². The molecule has 3 aromatic rings. The summed E-state index contributed by atoms with van der Waals surface area (Å²) in [5.74, 6) is 0.878. The third-order valence-corrected chi connectivity index (χ3v) is 4.14. The van der Waals surface area contributed by atoms with Crippen molar-refractivity contribution < 1.29 is 4.74 Å². The van der Waals surface area contributed by atoms with E-state index >= 15 is 0 Å². The minimum atomic E-state index is -0.688. The van der Waals surface area contributed by atoms with Crippen molar-refractivity contribution in [2.75, 3.05) is 5.73 Å². The molecule has 0 radical (unpaired) electrons. The van der Waals surface area contributed by atoms with Gasteiger partial charge < -0.3 is 15.9 Å². The van der Waals surface area contributed by atoms with Gasteiger partial charge >= 0.3 is 5.69 Å². The Hall–Kier alpha value is -3.39. The number of rotatable bonds is 4. The van der Waals surface area contributed by atoms with Gasteiger partial charge in [-0.25, -0.2) is 9.89 Å². The molecule has 0 bridgehead atoms. The number of halogens is 1. The zero-order chi connectivity index (χ0) is 21.7. The average molecular weight is 416 g/mol. The van der Waals surface area contributed by atoms with Crippen LogP contribution in [0.25, 0.3) is 11.3 Å². The molecule has 0 aliphatic carbocycles. The Bertz CT molecular complexity index is 1140. The standard InChI is InChI=1S/C18H16ClN5O3.C2H6/c1-8-5-10(15-17(25)22-18(26)24-23-15)6-13(19)16(8)27-11-3-4-14(21)12(7-11)9(2)20;1-2/h3-7,20H,21H2,1-2H3,(H2,22,24,25,26);1-2H3. The first kappa shape index (κ1) is 21.9.